The first-order valence-electron chi connectivity index (χ1n) is 6.61. The van der Waals surface area contributed by atoms with Crippen LogP contribution >= 0.6 is 0 Å². The van der Waals surface area contributed by atoms with Gasteiger partial charge in [-0.3, -0.25) is 0 Å². The molecule has 4 heteroatoms. The number of hydrogen-bond acceptors (Lipinski definition) is 4. The van der Waals surface area contributed by atoms with E-state index in [2.05, 4.69) is 4.90 Å². The Kier molecular flexibility index (Phi) is 6.84. The van der Waals surface area contributed by atoms with E-state index in [0.29, 0.717) is 0 Å². The zero-order valence-electron chi connectivity index (χ0n) is 12.3. The highest BCUT2D eigenvalue weighted by Crippen LogP contribution is 2.22. The average molecular weight is 267 g/mol. The summed E-state index contributed by atoms with van der Waals surface area (Å²) in [5.41, 5.74) is 0.909. The van der Waals surface area contributed by atoms with Gasteiger partial charge in [0.05, 0.1) is 13.2 Å². The maximum atomic E-state index is 10.4. The zero-order valence-corrected chi connectivity index (χ0v) is 12.3. The summed E-state index contributed by atoms with van der Waals surface area (Å²) in [6.07, 6.45) is 0.464. The summed E-state index contributed by atoms with van der Waals surface area (Å²) in [6.45, 7) is 3.68. The molecule has 0 aromatic heterocycles. The van der Waals surface area contributed by atoms with Crippen LogP contribution in [0.1, 0.15) is 25.0 Å². The number of aliphatic hydroxyl groups excluding tert-OH is 1. The topological polar surface area (TPSA) is 41.9 Å². The molecule has 1 N–H and O–H groups in total. The van der Waals surface area contributed by atoms with Crippen molar-refractivity contribution < 1.29 is 14.6 Å². The van der Waals surface area contributed by atoms with Crippen molar-refractivity contribution in [1.82, 2.24) is 4.90 Å². The van der Waals surface area contributed by atoms with Crippen LogP contribution in [0.3, 0.4) is 0 Å². The normalized spacial score (nSPS) is 14.4. The van der Waals surface area contributed by atoms with Gasteiger partial charge in [-0.15, -0.1) is 0 Å². The molecule has 0 aliphatic carbocycles. The molecule has 0 aliphatic heterocycles. The van der Waals surface area contributed by atoms with Gasteiger partial charge in [-0.1, -0.05) is 12.1 Å². The van der Waals surface area contributed by atoms with E-state index >= 15 is 0 Å². The number of methoxy groups -OCH3 is 2. The largest absolute Gasteiger partial charge is 0.497 e. The van der Waals surface area contributed by atoms with E-state index in [4.69, 9.17) is 9.47 Å². The quantitative estimate of drug-likeness (QED) is 0.732. The Bertz CT molecular complexity index is 353. The maximum absolute atomic E-state index is 10.4. The Morgan fingerprint density at radius 3 is 2.37 bits per heavy atom. The van der Waals surface area contributed by atoms with Crippen LogP contribution in [-0.4, -0.2) is 50.5 Å². The second-order valence-electron chi connectivity index (χ2n) is 4.79. The Labute approximate surface area is 115 Å². The molecular weight excluding hydrogens is 242 g/mol. The summed E-state index contributed by atoms with van der Waals surface area (Å²) in [6, 6.07) is 7.61. The van der Waals surface area contributed by atoms with Crippen molar-refractivity contribution in [3.8, 4) is 5.75 Å². The molecule has 4 nitrogen and oxygen atoms in total. The Hall–Kier alpha value is -1.10. The minimum atomic E-state index is -0.501. The first-order valence-corrected chi connectivity index (χ1v) is 6.61. The van der Waals surface area contributed by atoms with Crippen LogP contribution in [0.15, 0.2) is 24.3 Å². The van der Waals surface area contributed by atoms with E-state index in [1.807, 2.05) is 38.2 Å². The molecule has 0 saturated heterocycles. The molecule has 19 heavy (non-hydrogen) atoms. The molecular formula is C15H25NO3. The highest BCUT2D eigenvalue weighted by atomic mass is 16.5. The van der Waals surface area contributed by atoms with Crippen molar-refractivity contribution in [3.05, 3.63) is 29.8 Å². The Morgan fingerprint density at radius 1 is 1.21 bits per heavy atom. The lowest BCUT2D eigenvalue weighted by atomic mass is 10.0. The van der Waals surface area contributed by atoms with Gasteiger partial charge in [0, 0.05) is 26.3 Å². The van der Waals surface area contributed by atoms with E-state index in [0.717, 1.165) is 30.9 Å². The average Bonchev–Trinajstić information content (AvgIpc) is 2.46. The number of nitrogens with zero attached hydrogens (tertiary/aromatic N) is 1. The SMILES string of the molecule is COCCCN(C)C(C)C(O)c1ccc(OC)cc1. The van der Waals surface area contributed by atoms with Crippen LogP contribution < -0.4 is 4.74 Å². The van der Waals surface area contributed by atoms with Gasteiger partial charge in [0.15, 0.2) is 0 Å². The van der Waals surface area contributed by atoms with Crippen molar-refractivity contribution in [1.29, 1.82) is 0 Å². The molecule has 0 radical (unpaired) electrons. The van der Waals surface area contributed by atoms with Gasteiger partial charge in [0.25, 0.3) is 0 Å². The van der Waals surface area contributed by atoms with Gasteiger partial charge < -0.3 is 19.5 Å². The van der Waals surface area contributed by atoms with Crippen LogP contribution in [0.2, 0.25) is 0 Å². The van der Waals surface area contributed by atoms with E-state index in [1.165, 1.54) is 0 Å². The number of aliphatic hydroxyl groups is 1. The van der Waals surface area contributed by atoms with E-state index < -0.39 is 6.10 Å². The van der Waals surface area contributed by atoms with Crippen molar-refractivity contribution in [3.63, 3.8) is 0 Å². The standard InChI is InChI=1S/C15H25NO3/c1-12(16(2)10-5-11-18-3)15(17)13-6-8-14(19-4)9-7-13/h6-9,12,15,17H,5,10-11H2,1-4H3. The maximum Gasteiger partial charge on any atom is 0.118 e. The van der Waals surface area contributed by atoms with Crippen LogP contribution in [0.5, 0.6) is 5.75 Å². The van der Waals surface area contributed by atoms with Crippen LogP contribution in [0.25, 0.3) is 0 Å². The van der Waals surface area contributed by atoms with Gasteiger partial charge >= 0.3 is 0 Å². The second kappa shape index (κ2) is 8.15. The van der Waals surface area contributed by atoms with Crippen molar-refractivity contribution in [2.75, 3.05) is 34.4 Å². The number of rotatable bonds is 8. The molecule has 0 saturated carbocycles. The van der Waals surface area contributed by atoms with Gasteiger partial charge in [-0.2, -0.15) is 0 Å². The predicted molar refractivity (Wildman–Crippen MR) is 76.5 cm³/mol. The molecule has 0 amide bonds. The molecule has 0 aliphatic rings. The summed E-state index contributed by atoms with van der Waals surface area (Å²) in [7, 11) is 5.36. The summed E-state index contributed by atoms with van der Waals surface area (Å²) < 4.78 is 10.2. The third-order valence-corrected chi connectivity index (χ3v) is 3.47. The third-order valence-electron chi connectivity index (χ3n) is 3.47. The number of benzene rings is 1. The summed E-state index contributed by atoms with van der Waals surface area (Å²) >= 11 is 0. The fourth-order valence-corrected chi connectivity index (χ4v) is 1.98. The van der Waals surface area contributed by atoms with Crippen molar-refractivity contribution >= 4 is 0 Å². The minimum absolute atomic E-state index is 0.0604. The molecule has 108 valence electrons. The lowest BCUT2D eigenvalue weighted by Crippen LogP contribution is -2.35. The smallest absolute Gasteiger partial charge is 0.118 e. The summed E-state index contributed by atoms with van der Waals surface area (Å²) in [5, 5.41) is 10.4. The highest BCUT2D eigenvalue weighted by Gasteiger charge is 2.20. The van der Waals surface area contributed by atoms with E-state index in [9.17, 15) is 5.11 Å². The van der Waals surface area contributed by atoms with E-state index in [-0.39, 0.29) is 6.04 Å². The highest BCUT2D eigenvalue weighted by molar-refractivity contribution is 5.28. The van der Waals surface area contributed by atoms with Crippen molar-refractivity contribution in [2.45, 2.75) is 25.5 Å². The zero-order chi connectivity index (χ0) is 14.3. The molecule has 2 unspecified atom stereocenters. The lowest BCUT2D eigenvalue weighted by Gasteiger charge is -2.29. The molecule has 0 bridgehead atoms. The van der Waals surface area contributed by atoms with Crippen LogP contribution in [0, 0.1) is 0 Å². The molecule has 0 fully saturated rings. The Morgan fingerprint density at radius 2 is 1.84 bits per heavy atom. The van der Waals surface area contributed by atoms with Crippen LogP contribution in [-0.2, 0) is 4.74 Å². The molecule has 2 atom stereocenters. The second-order valence-corrected chi connectivity index (χ2v) is 4.79. The fourth-order valence-electron chi connectivity index (χ4n) is 1.98. The number of hydrogen-bond donors (Lipinski definition) is 1. The summed E-state index contributed by atoms with van der Waals surface area (Å²) in [4.78, 5) is 2.15. The monoisotopic (exact) mass is 267 g/mol. The van der Waals surface area contributed by atoms with Gasteiger partial charge in [0.2, 0.25) is 0 Å². The first kappa shape index (κ1) is 16.0. The van der Waals surface area contributed by atoms with Crippen molar-refractivity contribution in [2.24, 2.45) is 0 Å². The molecule has 1 rings (SSSR count). The third kappa shape index (κ3) is 4.82. The molecule has 0 heterocycles. The van der Waals surface area contributed by atoms with Crippen LogP contribution in [0.4, 0.5) is 0 Å². The molecule has 0 spiro atoms. The number of likely N-dealkylation sites (N-methyl/N-ethyl adjacent to an activating group) is 1. The van der Waals surface area contributed by atoms with E-state index in [1.54, 1.807) is 14.2 Å². The Balaban J connectivity index is 2.56. The first-order chi connectivity index (χ1) is 9.10. The number of ether oxygens (including phenoxy) is 2. The van der Waals surface area contributed by atoms with Gasteiger partial charge in [-0.25, -0.2) is 0 Å². The van der Waals surface area contributed by atoms with Gasteiger partial charge in [-0.05, 0) is 38.1 Å². The fraction of sp³-hybridized carbons (Fsp3) is 0.600. The van der Waals surface area contributed by atoms with Gasteiger partial charge in [0.1, 0.15) is 5.75 Å². The minimum Gasteiger partial charge on any atom is -0.497 e. The summed E-state index contributed by atoms with van der Waals surface area (Å²) in [5.74, 6) is 0.803. The predicted octanol–water partition coefficient (Wildman–Crippen LogP) is 2.09. The molecule has 1 aromatic rings. The lowest BCUT2D eigenvalue weighted by molar-refractivity contribution is 0.0669. The molecule has 1 aromatic carbocycles.